The number of rotatable bonds is 3. The number of piperidine rings is 1. The van der Waals surface area contributed by atoms with E-state index in [1.165, 1.54) is 11.3 Å². The molecule has 1 N–H and O–H groups in total. The average Bonchev–Trinajstić information content (AvgIpc) is 3.04. The summed E-state index contributed by atoms with van der Waals surface area (Å²) in [6.07, 6.45) is 2.98. The van der Waals surface area contributed by atoms with E-state index in [2.05, 4.69) is 22.2 Å². The highest BCUT2D eigenvalue weighted by Crippen LogP contribution is 2.31. The van der Waals surface area contributed by atoms with Crippen molar-refractivity contribution in [2.45, 2.75) is 45.6 Å². The van der Waals surface area contributed by atoms with Gasteiger partial charge in [0.05, 0.1) is 22.9 Å². The predicted molar refractivity (Wildman–Crippen MR) is 111 cm³/mol. The molecule has 1 fully saturated rings. The molecule has 0 aliphatic carbocycles. The Labute approximate surface area is 170 Å². The fourth-order valence-corrected chi connectivity index (χ4v) is 5.02. The lowest BCUT2D eigenvalue weighted by molar-refractivity contribution is 0.0737. The van der Waals surface area contributed by atoms with Crippen LogP contribution < -0.4 is 5.32 Å². The maximum Gasteiger partial charge on any atom is 0.266 e. The Kier molecular flexibility index (Phi) is 5.33. The molecule has 2 aliphatic heterocycles. The van der Waals surface area contributed by atoms with Crippen LogP contribution >= 0.6 is 11.3 Å². The van der Waals surface area contributed by atoms with Crippen molar-refractivity contribution >= 4 is 23.1 Å². The van der Waals surface area contributed by atoms with Gasteiger partial charge < -0.3 is 15.1 Å². The molecular formula is C20H28N6OS. The zero-order valence-corrected chi connectivity index (χ0v) is 17.9. The van der Waals surface area contributed by atoms with Crippen LogP contribution in [-0.4, -0.2) is 64.4 Å². The Hall–Kier alpha value is -2.06. The standard InChI is InChI=1S/C20H28N6OS/c1-12-17(28-13(2)22-12)20(27)26-10-7-16-15(11-26)19(21-3)24-18(23-16)14-5-8-25(4)9-6-14/h14H,5-11H2,1-4H3,(H,21,23,24). The van der Waals surface area contributed by atoms with Gasteiger partial charge in [0, 0.05) is 31.5 Å². The van der Waals surface area contributed by atoms with Gasteiger partial charge in [0.25, 0.3) is 5.91 Å². The summed E-state index contributed by atoms with van der Waals surface area (Å²) in [5, 5.41) is 4.18. The van der Waals surface area contributed by atoms with E-state index in [-0.39, 0.29) is 5.91 Å². The summed E-state index contributed by atoms with van der Waals surface area (Å²) in [5.41, 5.74) is 2.97. The van der Waals surface area contributed by atoms with Crippen LogP contribution in [0.25, 0.3) is 0 Å². The second kappa shape index (κ2) is 7.75. The number of nitrogens with one attached hydrogen (secondary N) is 1. The molecular weight excluding hydrogens is 372 g/mol. The van der Waals surface area contributed by atoms with Gasteiger partial charge in [0.15, 0.2) is 0 Å². The zero-order valence-electron chi connectivity index (χ0n) is 17.1. The van der Waals surface area contributed by atoms with Gasteiger partial charge in [0.1, 0.15) is 16.5 Å². The van der Waals surface area contributed by atoms with Gasteiger partial charge in [-0.2, -0.15) is 0 Å². The summed E-state index contributed by atoms with van der Waals surface area (Å²) >= 11 is 1.48. The molecule has 0 radical (unpaired) electrons. The first-order valence-corrected chi connectivity index (χ1v) is 10.8. The molecule has 2 aromatic heterocycles. The molecule has 2 aromatic rings. The predicted octanol–water partition coefficient (Wildman–Crippen LogP) is 2.60. The molecule has 4 heterocycles. The molecule has 0 atom stereocenters. The van der Waals surface area contributed by atoms with Gasteiger partial charge in [0.2, 0.25) is 0 Å². The largest absolute Gasteiger partial charge is 0.373 e. The fourth-order valence-electron chi connectivity index (χ4n) is 4.14. The Bertz CT molecular complexity index is 870. The molecule has 1 saturated heterocycles. The summed E-state index contributed by atoms with van der Waals surface area (Å²) in [6.45, 7) is 7.28. The van der Waals surface area contributed by atoms with E-state index in [0.717, 1.165) is 70.8 Å². The minimum absolute atomic E-state index is 0.0650. The van der Waals surface area contributed by atoms with Crippen LogP contribution in [-0.2, 0) is 13.0 Å². The highest BCUT2D eigenvalue weighted by molar-refractivity contribution is 7.13. The van der Waals surface area contributed by atoms with Crippen molar-refractivity contribution in [2.75, 3.05) is 39.0 Å². The number of likely N-dealkylation sites (tertiary alicyclic amines) is 1. The number of fused-ring (bicyclic) bond motifs is 1. The van der Waals surface area contributed by atoms with E-state index in [9.17, 15) is 4.79 Å². The van der Waals surface area contributed by atoms with Gasteiger partial charge in [-0.15, -0.1) is 11.3 Å². The summed E-state index contributed by atoms with van der Waals surface area (Å²) in [7, 11) is 4.07. The van der Waals surface area contributed by atoms with E-state index in [1.54, 1.807) is 0 Å². The molecule has 2 aliphatic rings. The first kappa shape index (κ1) is 19.3. The number of aromatic nitrogens is 3. The van der Waals surface area contributed by atoms with Gasteiger partial charge in [-0.3, -0.25) is 4.79 Å². The molecule has 7 nitrogen and oxygen atoms in total. The number of hydrogen-bond acceptors (Lipinski definition) is 7. The van der Waals surface area contributed by atoms with Crippen LogP contribution in [0.4, 0.5) is 5.82 Å². The molecule has 0 unspecified atom stereocenters. The number of hydrogen-bond donors (Lipinski definition) is 1. The third-order valence-corrected chi connectivity index (χ3v) is 6.84. The molecule has 150 valence electrons. The maximum absolute atomic E-state index is 13.0. The van der Waals surface area contributed by atoms with E-state index >= 15 is 0 Å². The van der Waals surface area contributed by atoms with Crippen LogP contribution in [0.3, 0.4) is 0 Å². The quantitative estimate of drug-likeness (QED) is 0.854. The smallest absolute Gasteiger partial charge is 0.266 e. The molecule has 0 bridgehead atoms. The molecule has 28 heavy (non-hydrogen) atoms. The van der Waals surface area contributed by atoms with Crippen LogP contribution in [0.15, 0.2) is 0 Å². The summed E-state index contributed by atoms with van der Waals surface area (Å²) < 4.78 is 0. The highest BCUT2D eigenvalue weighted by atomic mass is 32.1. The molecule has 4 rings (SSSR count). The van der Waals surface area contributed by atoms with E-state index in [0.29, 0.717) is 19.0 Å². The fraction of sp³-hybridized carbons (Fsp3) is 0.600. The third kappa shape index (κ3) is 3.63. The first-order chi connectivity index (χ1) is 13.5. The van der Waals surface area contributed by atoms with Gasteiger partial charge in [-0.25, -0.2) is 15.0 Å². The van der Waals surface area contributed by atoms with Crippen molar-refractivity contribution in [2.24, 2.45) is 0 Å². The number of aryl methyl sites for hydroxylation is 2. The van der Waals surface area contributed by atoms with Crippen LogP contribution in [0.1, 0.15) is 56.2 Å². The number of amides is 1. The average molecular weight is 401 g/mol. The lowest BCUT2D eigenvalue weighted by Crippen LogP contribution is -2.37. The second-order valence-corrected chi connectivity index (χ2v) is 9.01. The monoisotopic (exact) mass is 400 g/mol. The van der Waals surface area contributed by atoms with Crippen molar-refractivity contribution in [3.05, 3.63) is 32.7 Å². The van der Waals surface area contributed by atoms with E-state index in [4.69, 9.17) is 9.97 Å². The second-order valence-electron chi connectivity index (χ2n) is 7.81. The van der Waals surface area contributed by atoms with Crippen molar-refractivity contribution in [3.8, 4) is 0 Å². The van der Waals surface area contributed by atoms with Crippen molar-refractivity contribution in [1.29, 1.82) is 0 Å². The Morgan fingerprint density at radius 2 is 1.89 bits per heavy atom. The minimum atomic E-state index is 0.0650. The maximum atomic E-state index is 13.0. The topological polar surface area (TPSA) is 74.2 Å². The van der Waals surface area contributed by atoms with Crippen LogP contribution in [0.2, 0.25) is 0 Å². The zero-order chi connectivity index (χ0) is 19.8. The van der Waals surface area contributed by atoms with E-state index < -0.39 is 0 Å². The van der Waals surface area contributed by atoms with Crippen LogP contribution in [0, 0.1) is 13.8 Å². The lowest BCUT2D eigenvalue weighted by Gasteiger charge is -2.31. The van der Waals surface area contributed by atoms with Gasteiger partial charge in [-0.05, 0) is 46.8 Å². The number of carbonyl (C=O) groups excluding carboxylic acids is 1. The summed E-state index contributed by atoms with van der Waals surface area (Å²) in [5.74, 6) is 2.32. The lowest BCUT2D eigenvalue weighted by atomic mass is 9.95. The minimum Gasteiger partial charge on any atom is -0.373 e. The van der Waals surface area contributed by atoms with Crippen molar-refractivity contribution < 1.29 is 4.79 Å². The summed E-state index contributed by atoms with van der Waals surface area (Å²) in [4.78, 5) is 32.2. The van der Waals surface area contributed by atoms with Gasteiger partial charge >= 0.3 is 0 Å². The SMILES string of the molecule is CNc1nc(C2CCN(C)CC2)nc2c1CN(C(=O)c1sc(C)nc1C)CC2. The highest BCUT2D eigenvalue weighted by Gasteiger charge is 2.29. The third-order valence-electron chi connectivity index (χ3n) is 5.78. The number of thiazole rings is 1. The molecule has 0 spiro atoms. The number of anilines is 1. The Morgan fingerprint density at radius 3 is 2.54 bits per heavy atom. The van der Waals surface area contributed by atoms with E-state index in [1.807, 2.05) is 25.8 Å². The first-order valence-electron chi connectivity index (χ1n) is 9.95. The molecule has 0 saturated carbocycles. The van der Waals surface area contributed by atoms with Crippen molar-refractivity contribution in [3.63, 3.8) is 0 Å². The molecule has 8 heteroatoms. The number of nitrogens with zero attached hydrogens (tertiary/aromatic N) is 5. The van der Waals surface area contributed by atoms with Crippen molar-refractivity contribution in [1.82, 2.24) is 24.8 Å². The number of carbonyl (C=O) groups is 1. The Balaban J connectivity index is 1.58. The van der Waals surface area contributed by atoms with Gasteiger partial charge in [-0.1, -0.05) is 0 Å². The Morgan fingerprint density at radius 1 is 1.14 bits per heavy atom. The normalized spacial score (nSPS) is 18.2. The molecule has 1 amide bonds. The summed E-state index contributed by atoms with van der Waals surface area (Å²) in [6, 6.07) is 0. The molecule has 0 aromatic carbocycles. The van der Waals surface area contributed by atoms with Crippen LogP contribution in [0.5, 0.6) is 0 Å².